The van der Waals surface area contributed by atoms with Gasteiger partial charge in [0.05, 0.1) is 0 Å². The first-order chi connectivity index (χ1) is 8.99. The third-order valence-corrected chi connectivity index (χ3v) is 5.29. The van der Waals surface area contributed by atoms with E-state index in [-0.39, 0.29) is 5.82 Å². The van der Waals surface area contributed by atoms with Crippen LogP contribution in [0.1, 0.15) is 52.0 Å². The van der Waals surface area contributed by atoms with Gasteiger partial charge >= 0.3 is 0 Å². The summed E-state index contributed by atoms with van der Waals surface area (Å²) in [6.07, 6.45) is 4.23. The molecule has 1 nitrogen and oxygen atoms in total. The molecular formula is C17H26FN. The number of benzene rings is 1. The van der Waals surface area contributed by atoms with Crippen molar-refractivity contribution in [1.29, 1.82) is 0 Å². The number of hydrogen-bond acceptors (Lipinski definition) is 1. The highest BCUT2D eigenvalue weighted by atomic mass is 19.1. The molecule has 0 radical (unpaired) electrons. The van der Waals surface area contributed by atoms with Crippen LogP contribution in [-0.4, -0.2) is 0 Å². The average molecular weight is 263 g/mol. The zero-order chi connectivity index (χ0) is 14.0. The zero-order valence-corrected chi connectivity index (χ0v) is 12.3. The largest absolute Gasteiger partial charge is 0.321 e. The van der Waals surface area contributed by atoms with Crippen LogP contribution in [0.25, 0.3) is 0 Å². The van der Waals surface area contributed by atoms with Gasteiger partial charge in [0.15, 0.2) is 0 Å². The molecule has 2 rings (SSSR count). The molecule has 1 aromatic rings. The molecule has 2 heteroatoms. The second-order valence-electron chi connectivity index (χ2n) is 6.34. The zero-order valence-electron chi connectivity index (χ0n) is 12.3. The lowest BCUT2D eigenvalue weighted by Gasteiger charge is -2.43. The van der Waals surface area contributed by atoms with E-state index in [1.807, 2.05) is 12.1 Å². The van der Waals surface area contributed by atoms with Gasteiger partial charge in [-0.15, -0.1) is 0 Å². The Bertz CT molecular complexity index is 431. The van der Waals surface area contributed by atoms with E-state index in [2.05, 4.69) is 20.8 Å². The van der Waals surface area contributed by atoms with Gasteiger partial charge < -0.3 is 5.73 Å². The van der Waals surface area contributed by atoms with Crippen molar-refractivity contribution >= 4 is 0 Å². The van der Waals surface area contributed by atoms with Gasteiger partial charge in [-0.3, -0.25) is 0 Å². The number of hydrogen-bond donors (Lipinski definition) is 1. The fraction of sp³-hybridized carbons (Fsp3) is 0.647. The van der Waals surface area contributed by atoms with Crippen molar-refractivity contribution in [2.45, 2.75) is 52.0 Å². The van der Waals surface area contributed by atoms with E-state index in [0.717, 1.165) is 25.2 Å². The Hall–Kier alpha value is -0.890. The van der Waals surface area contributed by atoms with Crippen LogP contribution in [0.15, 0.2) is 24.3 Å². The summed E-state index contributed by atoms with van der Waals surface area (Å²) in [7, 11) is 0. The molecule has 0 heterocycles. The second kappa shape index (κ2) is 5.62. The fourth-order valence-corrected chi connectivity index (χ4v) is 3.55. The molecule has 1 saturated carbocycles. The molecule has 0 amide bonds. The molecule has 0 bridgehead atoms. The minimum atomic E-state index is -0.514. The van der Waals surface area contributed by atoms with Crippen molar-refractivity contribution in [2.75, 3.05) is 0 Å². The van der Waals surface area contributed by atoms with Gasteiger partial charge in [-0.1, -0.05) is 45.4 Å². The smallest absolute Gasteiger partial charge is 0.128 e. The first-order valence-electron chi connectivity index (χ1n) is 7.53. The lowest BCUT2D eigenvalue weighted by Crippen LogP contribution is -2.46. The first-order valence-corrected chi connectivity index (χ1v) is 7.53. The van der Waals surface area contributed by atoms with Gasteiger partial charge in [-0.25, -0.2) is 4.39 Å². The Morgan fingerprint density at radius 3 is 2.47 bits per heavy atom. The van der Waals surface area contributed by atoms with E-state index in [1.165, 1.54) is 12.5 Å². The molecule has 0 aliphatic heterocycles. The summed E-state index contributed by atoms with van der Waals surface area (Å²) in [4.78, 5) is 0. The van der Waals surface area contributed by atoms with Crippen molar-refractivity contribution in [1.82, 2.24) is 0 Å². The summed E-state index contributed by atoms with van der Waals surface area (Å²) in [6.45, 7) is 6.69. The number of nitrogens with two attached hydrogens (primary N) is 1. The van der Waals surface area contributed by atoms with E-state index < -0.39 is 5.54 Å². The summed E-state index contributed by atoms with van der Waals surface area (Å²) in [6, 6.07) is 7.02. The monoisotopic (exact) mass is 263 g/mol. The lowest BCUT2D eigenvalue weighted by molar-refractivity contribution is 0.126. The van der Waals surface area contributed by atoms with Crippen molar-refractivity contribution in [3.05, 3.63) is 35.6 Å². The molecule has 4 atom stereocenters. The standard InChI is InChI=1S/C17H26FN/c1-4-17(19,15-7-5-6-8-16(15)18)14-10-9-12(2)13(3)11-14/h5-8,12-14H,4,9-11,19H2,1-3H3. The van der Waals surface area contributed by atoms with E-state index in [4.69, 9.17) is 5.73 Å². The second-order valence-corrected chi connectivity index (χ2v) is 6.34. The predicted molar refractivity (Wildman–Crippen MR) is 78.2 cm³/mol. The molecule has 1 aliphatic rings. The summed E-state index contributed by atoms with van der Waals surface area (Å²) in [5.41, 5.74) is 6.85. The molecule has 0 saturated heterocycles. The highest BCUT2D eigenvalue weighted by Crippen LogP contribution is 2.44. The normalized spacial score (nSPS) is 30.9. The van der Waals surface area contributed by atoms with Crippen LogP contribution in [0.3, 0.4) is 0 Å². The maximum atomic E-state index is 14.1. The van der Waals surface area contributed by atoms with Crippen molar-refractivity contribution in [2.24, 2.45) is 23.5 Å². The molecule has 1 aliphatic carbocycles. The van der Waals surface area contributed by atoms with Crippen molar-refractivity contribution in [3.63, 3.8) is 0 Å². The highest BCUT2D eigenvalue weighted by Gasteiger charge is 2.40. The molecule has 19 heavy (non-hydrogen) atoms. The minimum Gasteiger partial charge on any atom is -0.321 e. The Kier molecular flexibility index (Phi) is 4.29. The van der Waals surface area contributed by atoms with E-state index in [9.17, 15) is 4.39 Å². The first kappa shape index (κ1) is 14.5. The maximum absolute atomic E-state index is 14.1. The van der Waals surface area contributed by atoms with Crippen LogP contribution >= 0.6 is 0 Å². The minimum absolute atomic E-state index is 0.155. The molecule has 2 N–H and O–H groups in total. The van der Waals surface area contributed by atoms with Gasteiger partial charge in [0, 0.05) is 11.1 Å². The fourth-order valence-electron chi connectivity index (χ4n) is 3.55. The van der Waals surface area contributed by atoms with Gasteiger partial charge in [0.2, 0.25) is 0 Å². The van der Waals surface area contributed by atoms with Gasteiger partial charge in [-0.05, 0) is 43.1 Å². The Balaban J connectivity index is 2.30. The molecule has 1 aromatic carbocycles. The van der Waals surface area contributed by atoms with Crippen LogP contribution in [0, 0.1) is 23.6 Å². The molecule has 0 spiro atoms. The third-order valence-electron chi connectivity index (χ3n) is 5.29. The van der Waals surface area contributed by atoms with Crippen LogP contribution in [0.2, 0.25) is 0 Å². The SMILES string of the molecule is CCC(N)(c1ccccc1F)C1CCC(C)C(C)C1. The summed E-state index contributed by atoms with van der Waals surface area (Å²) < 4.78 is 14.1. The molecule has 1 fully saturated rings. The van der Waals surface area contributed by atoms with Crippen molar-refractivity contribution in [3.8, 4) is 0 Å². The third kappa shape index (κ3) is 2.69. The summed E-state index contributed by atoms with van der Waals surface area (Å²) >= 11 is 0. The Labute approximate surface area is 116 Å². The van der Waals surface area contributed by atoms with Crippen LogP contribution in [-0.2, 0) is 5.54 Å². The Morgan fingerprint density at radius 2 is 1.89 bits per heavy atom. The number of halogens is 1. The summed E-state index contributed by atoms with van der Waals surface area (Å²) in [5.74, 6) is 1.68. The quantitative estimate of drug-likeness (QED) is 0.856. The molecule has 4 unspecified atom stereocenters. The molecule has 106 valence electrons. The van der Waals surface area contributed by atoms with E-state index in [0.29, 0.717) is 17.4 Å². The molecular weight excluding hydrogens is 237 g/mol. The number of rotatable bonds is 3. The summed E-state index contributed by atoms with van der Waals surface area (Å²) in [5, 5.41) is 0. The molecule has 0 aromatic heterocycles. The van der Waals surface area contributed by atoms with Crippen LogP contribution in [0.4, 0.5) is 4.39 Å². The highest BCUT2D eigenvalue weighted by molar-refractivity contribution is 5.27. The van der Waals surface area contributed by atoms with Gasteiger partial charge in [0.1, 0.15) is 5.82 Å². The lowest BCUT2D eigenvalue weighted by atomic mass is 9.65. The van der Waals surface area contributed by atoms with E-state index in [1.54, 1.807) is 6.07 Å². The average Bonchev–Trinajstić information content (AvgIpc) is 2.41. The van der Waals surface area contributed by atoms with Crippen LogP contribution < -0.4 is 5.73 Å². The van der Waals surface area contributed by atoms with Gasteiger partial charge in [-0.2, -0.15) is 0 Å². The Morgan fingerprint density at radius 1 is 1.21 bits per heavy atom. The van der Waals surface area contributed by atoms with E-state index >= 15 is 0 Å². The topological polar surface area (TPSA) is 26.0 Å². The van der Waals surface area contributed by atoms with Crippen LogP contribution in [0.5, 0.6) is 0 Å². The predicted octanol–water partition coefficient (Wildman–Crippen LogP) is 4.46. The van der Waals surface area contributed by atoms with Gasteiger partial charge in [0.25, 0.3) is 0 Å². The van der Waals surface area contributed by atoms with Crippen molar-refractivity contribution < 1.29 is 4.39 Å². The maximum Gasteiger partial charge on any atom is 0.128 e.